The smallest absolute Gasteiger partial charge is 0.335 e. The highest BCUT2D eigenvalue weighted by Crippen LogP contribution is 2.12. The van der Waals surface area contributed by atoms with Gasteiger partial charge in [0.1, 0.15) is 0 Å². The fourth-order valence-corrected chi connectivity index (χ4v) is 4.93. The molecule has 0 aliphatic carbocycles. The van der Waals surface area contributed by atoms with Crippen LogP contribution in [0, 0.1) is 0 Å². The van der Waals surface area contributed by atoms with E-state index in [0.717, 1.165) is 6.07 Å². The van der Waals surface area contributed by atoms with Crippen LogP contribution in [-0.4, -0.2) is 57.9 Å². The Morgan fingerprint density at radius 2 is 2.00 bits per heavy atom. The van der Waals surface area contributed by atoms with E-state index in [9.17, 15) is 26.4 Å². The van der Waals surface area contributed by atoms with E-state index < -0.39 is 44.3 Å². The lowest BCUT2D eigenvalue weighted by molar-refractivity contribution is -0.120. The van der Waals surface area contributed by atoms with Gasteiger partial charge in [0.15, 0.2) is 9.84 Å². The number of amides is 1. The number of carbonyl (C=O) groups is 2. The Balaban J connectivity index is 1.96. The van der Waals surface area contributed by atoms with E-state index >= 15 is 0 Å². The van der Waals surface area contributed by atoms with Gasteiger partial charge < -0.3 is 10.4 Å². The van der Waals surface area contributed by atoms with Crippen LogP contribution in [0.5, 0.6) is 0 Å². The summed E-state index contributed by atoms with van der Waals surface area (Å²) >= 11 is 0. The minimum absolute atomic E-state index is 0.00828. The van der Waals surface area contributed by atoms with Crippen LogP contribution in [0.15, 0.2) is 29.2 Å². The van der Waals surface area contributed by atoms with Crippen molar-refractivity contribution in [2.24, 2.45) is 0 Å². The second kappa shape index (κ2) is 6.87. The molecule has 11 heteroatoms. The van der Waals surface area contributed by atoms with Crippen molar-refractivity contribution >= 4 is 31.7 Å². The lowest BCUT2D eigenvalue weighted by Crippen LogP contribution is -2.42. The van der Waals surface area contributed by atoms with Gasteiger partial charge in [0.2, 0.25) is 15.9 Å². The maximum Gasteiger partial charge on any atom is 0.335 e. The SMILES string of the molecule is O=C(CNS(=O)(=O)c1cccc(C(=O)O)c1)NC1CCS(=O)(=O)C1. The van der Waals surface area contributed by atoms with Gasteiger partial charge in [-0.1, -0.05) is 6.07 Å². The van der Waals surface area contributed by atoms with Crippen molar-refractivity contribution in [1.29, 1.82) is 0 Å². The fourth-order valence-electron chi connectivity index (χ4n) is 2.23. The summed E-state index contributed by atoms with van der Waals surface area (Å²) in [5, 5.41) is 11.3. The third kappa shape index (κ3) is 4.76. The van der Waals surface area contributed by atoms with Gasteiger partial charge >= 0.3 is 5.97 Å². The molecule has 0 radical (unpaired) electrons. The molecule has 1 saturated heterocycles. The van der Waals surface area contributed by atoms with E-state index in [1.165, 1.54) is 18.2 Å². The van der Waals surface area contributed by atoms with Crippen LogP contribution in [0.3, 0.4) is 0 Å². The van der Waals surface area contributed by atoms with Gasteiger partial charge in [-0.05, 0) is 24.6 Å². The Morgan fingerprint density at radius 3 is 2.58 bits per heavy atom. The quantitative estimate of drug-likeness (QED) is 0.575. The van der Waals surface area contributed by atoms with Gasteiger partial charge in [-0.2, -0.15) is 0 Å². The minimum Gasteiger partial charge on any atom is -0.478 e. The molecule has 1 aliphatic heterocycles. The Labute approximate surface area is 139 Å². The van der Waals surface area contributed by atoms with Crippen LogP contribution in [0.1, 0.15) is 16.8 Å². The molecule has 1 unspecified atom stereocenters. The highest BCUT2D eigenvalue weighted by molar-refractivity contribution is 7.91. The first-order valence-electron chi connectivity index (χ1n) is 6.92. The van der Waals surface area contributed by atoms with E-state index in [1.807, 2.05) is 0 Å². The first-order valence-corrected chi connectivity index (χ1v) is 10.2. The number of aromatic carboxylic acids is 1. The molecule has 0 bridgehead atoms. The highest BCUT2D eigenvalue weighted by Gasteiger charge is 2.29. The summed E-state index contributed by atoms with van der Waals surface area (Å²) in [6, 6.07) is 4.18. The number of carbonyl (C=O) groups excluding carboxylic acids is 1. The molecule has 1 aliphatic rings. The second-order valence-corrected chi connectivity index (χ2v) is 9.32. The standard InChI is InChI=1S/C13H16N2O7S2/c16-12(15-10-4-5-23(19,20)8-10)7-14-24(21,22)11-3-1-2-9(6-11)13(17)18/h1-3,6,10,14H,4-5,7-8H2,(H,15,16)(H,17,18). The molecule has 1 aromatic carbocycles. The van der Waals surface area contributed by atoms with Gasteiger partial charge in [-0.15, -0.1) is 0 Å². The molecule has 9 nitrogen and oxygen atoms in total. The Hall–Kier alpha value is -1.98. The lowest BCUT2D eigenvalue weighted by atomic mass is 10.2. The van der Waals surface area contributed by atoms with Crippen molar-refractivity contribution in [3.63, 3.8) is 0 Å². The van der Waals surface area contributed by atoms with Crippen LogP contribution in [0.25, 0.3) is 0 Å². The van der Waals surface area contributed by atoms with E-state index in [4.69, 9.17) is 5.11 Å². The molecular formula is C13H16N2O7S2. The number of carboxylic acids is 1. The maximum atomic E-state index is 12.1. The molecule has 3 N–H and O–H groups in total. The topological polar surface area (TPSA) is 147 Å². The average molecular weight is 376 g/mol. The first-order chi connectivity index (χ1) is 11.1. The Morgan fingerprint density at radius 1 is 1.29 bits per heavy atom. The summed E-state index contributed by atoms with van der Waals surface area (Å²) in [5.41, 5.74) is -0.196. The predicted octanol–water partition coefficient (Wildman–Crippen LogP) is -1.03. The molecule has 0 saturated carbocycles. The molecule has 1 amide bonds. The number of nitrogens with one attached hydrogen (secondary N) is 2. The number of hydrogen-bond donors (Lipinski definition) is 3. The van der Waals surface area contributed by atoms with E-state index in [0.29, 0.717) is 6.42 Å². The average Bonchev–Trinajstić information content (AvgIpc) is 2.84. The van der Waals surface area contributed by atoms with Gasteiger partial charge in [0, 0.05) is 6.04 Å². The molecule has 132 valence electrons. The van der Waals surface area contributed by atoms with Crippen molar-refractivity contribution in [3.05, 3.63) is 29.8 Å². The zero-order chi connectivity index (χ0) is 18.0. The van der Waals surface area contributed by atoms with Crippen LogP contribution in [-0.2, 0) is 24.7 Å². The van der Waals surface area contributed by atoms with Crippen molar-refractivity contribution in [3.8, 4) is 0 Å². The predicted molar refractivity (Wildman–Crippen MR) is 83.8 cm³/mol. The molecule has 1 atom stereocenters. The van der Waals surface area contributed by atoms with Crippen molar-refractivity contribution in [1.82, 2.24) is 10.0 Å². The summed E-state index contributed by atoms with van der Waals surface area (Å²) in [6.07, 6.45) is 0.293. The zero-order valence-electron chi connectivity index (χ0n) is 12.4. The van der Waals surface area contributed by atoms with Gasteiger partial charge in [0.05, 0.1) is 28.5 Å². The molecular weight excluding hydrogens is 360 g/mol. The minimum atomic E-state index is -4.06. The molecule has 1 heterocycles. The molecule has 2 rings (SSSR count). The number of sulfonamides is 1. The number of hydrogen-bond acceptors (Lipinski definition) is 6. The van der Waals surface area contributed by atoms with Crippen LogP contribution < -0.4 is 10.0 Å². The largest absolute Gasteiger partial charge is 0.478 e. The van der Waals surface area contributed by atoms with Crippen LogP contribution in [0.4, 0.5) is 0 Å². The summed E-state index contributed by atoms with van der Waals surface area (Å²) in [6.45, 7) is -0.573. The summed E-state index contributed by atoms with van der Waals surface area (Å²) in [7, 11) is -7.21. The highest BCUT2D eigenvalue weighted by atomic mass is 32.2. The second-order valence-electron chi connectivity index (χ2n) is 5.33. The zero-order valence-corrected chi connectivity index (χ0v) is 14.1. The van der Waals surface area contributed by atoms with Gasteiger partial charge in [-0.25, -0.2) is 26.4 Å². The van der Waals surface area contributed by atoms with E-state index in [-0.39, 0.29) is 22.0 Å². The summed E-state index contributed by atoms with van der Waals surface area (Å²) in [5.74, 6) is -2.10. The Bertz CT molecular complexity index is 862. The fraction of sp³-hybridized carbons (Fsp3) is 0.385. The summed E-state index contributed by atoms with van der Waals surface area (Å²) in [4.78, 5) is 22.3. The number of rotatable bonds is 6. The molecule has 24 heavy (non-hydrogen) atoms. The van der Waals surface area contributed by atoms with Crippen molar-refractivity contribution < 1.29 is 31.5 Å². The molecule has 1 fully saturated rings. The monoisotopic (exact) mass is 376 g/mol. The van der Waals surface area contributed by atoms with Gasteiger partial charge in [-0.3, -0.25) is 4.79 Å². The lowest BCUT2D eigenvalue weighted by Gasteiger charge is -2.12. The summed E-state index contributed by atoms with van der Waals surface area (Å²) < 4.78 is 48.8. The molecule has 0 spiro atoms. The normalized spacial score (nSPS) is 19.8. The molecule has 0 aromatic heterocycles. The van der Waals surface area contributed by atoms with E-state index in [2.05, 4.69) is 10.0 Å². The van der Waals surface area contributed by atoms with Crippen molar-refractivity contribution in [2.75, 3.05) is 18.1 Å². The van der Waals surface area contributed by atoms with Crippen LogP contribution >= 0.6 is 0 Å². The number of benzene rings is 1. The number of sulfone groups is 1. The molecule has 1 aromatic rings. The first kappa shape index (κ1) is 18.4. The maximum absolute atomic E-state index is 12.1. The third-order valence-corrected chi connectivity index (χ3v) is 6.58. The number of carboxylic acid groups (broad SMARTS) is 1. The van der Waals surface area contributed by atoms with Crippen LogP contribution in [0.2, 0.25) is 0 Å². The third-order valence-electron chi connectivity index (χ3n) is 3.41. The van der Waals surface area contributed by atoms with Gasteiger partial charge in [0.25, 0.3) is 0 Å². The van der Waals surface area contributed by atoms with Crippen molar-refractivity contribution in [2.45, 2.75) is 17.4 Å². The Kier molecular flexibility index (Phi) is 5.26. The van der Waals surface area contributed by atoms with E-state index in [1.54, 1.807) is 0 Å².